The second-order valence-corrected chi connectivity index (χ2v) is 4.03. The molecule has 0 spiro atoms. The molecule has 0 aromatic carbocycles. The second kappa shape index (κ2) is 3.68. The van der Waals surface area contributed by atoms with Gasteiger partial charge < -0.3 is 4.74 Å². The van der Waals surface area contributed by atoms with Crippen LogP contribution in [0.5, 0.6) is 0 Å². The minimum atomic E-state index is -0.915. The topological polar surface area (TPSA) is 43.4 Å². The van der Waals surface area contributed by atoms with Crippen molar-refractivity contribution in [3.05, 3.63) is 23.8 Å². The molecule has 0 heterocycles. The van der Waals surface area contributed by atoms with E-state index in [4.69, 9.17) is 7.85 Å². The van der Waals surface area contributed by atoms with Crippen LogP contribution in [0.2, 0.25) is 0 Å². The first-order valence-electron chi connectivity index (χ1n) is 4.95. The predicted molar refractivity (Wildman–Crippen MR) is 55.5 cm³/mol. The highest BCUT2D eigenvalue weighted by Crippen LogP contribution is 2.50. The van der Waals surface area contributed by atoms with E-state index in [9.17, 15) is 9.59 Å². The number of allylic oxidation sites excluding steroid dienone is 3. The standard InChI is InChI=1S/C11H11BO3/c1-6-8-3-2-7(4-9(6)8)10(13)5-15-11(12)14/h2-4,6,8-9H,5H2,1H3. The highest BCUT2D eigenvalue weighted by atomic mass is 16.5. The molecule has 0 aromatic rings. The van der Waals surface area contributed by atoms with E-state index < -0.39 is 5.87 Å². The van der Waals surface area contributed by atoms with Crippen LogP contribution in [0.1, 0.15) is 6.92 Å². The van der Waals surface area contributed by atoms with E-state index >= 15 is 0 Å². The van der Waals surface area contributed by atoms with Gasteiger partial charge in [-0.2, -0.15) is 0 Å². The first-order valence-corrected chi connectivity index (χ1v) is 4.95. The summed E-state index contributed by atoms with van der Waals surface area (Å²) in [7, 11) is 4.78. The molecule has 0 aliphatic heterocycles. The Balaban J connectivity index is 1.94. The van der Waals surface area contributed by atoms with Gasteiger partial charge >= 0.3 is 0 Å². The van der Waals surface area contributed by atoms with Crippen LogP contribution >= 0.6 is 0 Å². The Labute approximate surface area is 89.6 Å². The van der Waals surface area contributed by atoms with Gasteiger partial charge in [0, 0.05) is 5.57 Å². The molecule has 15 heavy (non-hydrogen) atoms. The smallest absolute Gasteiger partial charge is 0.236 e. The van der Waals surface area contributed by atoms with Crippen LogP contribution in [0.25, 0.3) is 0 Å². The van der Waals surface area contributed by atoms with Gasteiger partial charge in [0.05, 0.1) is 0 Å². The van der Waals surface area contributed by atoms with E-state index in [2.05, 4.69) is 11.7 Å². The Hall–Kier alpha value is -1.32. The second-order valence-electron chi connectivity index (χ2n) is 4.03. The van der Waals surface area contributed by atoms with Gasteiger partial charge in [-0.25, -0.2) is 0 Å². The SMILES string of the molecule is [B]C(=O)OCC(=O)C1=CC2C(C)C2C=C1. The maximum absolute atomic E-state index is 11.5. The molecular formula is C11H11BO3. The van der Waals surface area contributed by atoms with Gasteiger partial charge in [-0.05, 0) is 17.8 Å². The number of hydrogen-bond donors (Lipinski definition) is 0. The van der Waals surface area contributed by atoms with E-state index in [-0.39, 0.29) is 12.4 Å². The molecule has 4 heteroatoms. The number of ether oxygens (including phenoxy) is 1. The third kappa shape index (κ3) is 2.03. The van der Waals surface area contributed by atoms with Crippen LogP contribution in [0.15, 0.2) is 23.8 Å². The van der Waals surface area contributed by atoms with E-state index in [0.717, 1.165) is 0 Å². The molecule has 2 radical (unpaired) electrons. The van der Waals surface area contributed by atoms with Gasteiger partial charge in [-0.15, -0.1) is 0 Å². The Bertz CT molecular complexity index is 370. The summed E-state index contributed by atoms with van der Waals surface area (Å²) in [5.41, 5.74) is 0.627. The molecule has 0 aromatic heterocycles. The first-order chi connectivity index (χ1) is 7.09. The summed E-state index contributed by atoms with van der Waals surface area (Å²) in [6.45, 7) is 1.89. The third-order valence-electron chi connectivity index (χ3n) is 3.06. The van der Waals surface area contributed by atoms with E-state index in [1.54, 1.807) is 6.08 Å². The molecule has 1 saturated carbocycles. The van der Waals surface area contributed by atoms with Gasteiger partial charge in [-0.1, -0.05) is 25.2 Å². The molecule has 3 atom stereocenters. The number of ketones is 1. The molecular weight excluding hydrogens is 191 g/mol. The molecule has 0 bridgehead atoms. The van der Waals surface area contributed by atoms with Crippen LogP contribution in [0, 0.1) is 17.8 Å². The molecule has 2 aliphatic rings. The molecule has 0 amide bonds. The number of Topliss-reactive ketones (excluding diaryl/α,β-unsaturated/α-hetero) is 1. The molecule has 3 unspecified atom stereocenters. The lowest BCUT2D eigenvalue weighted by Crippen LogP contribution is -2.14. The lowest BCUT2D eigenvalue weighted by atomic mass is 10.0. The summed E-state index contributed by atoms with van der Waals surface area (Å²) in [5, 5.41) is 0. The lowest BCUT2D eigenvalue weighted by Gasteiger charge is -2.05. The van der Waals surface area contributed by atoms with Crippen molar-refractivity contribution in [3.8, 4) is 0 Å². The molecule has 76 valence electrons. The molecule has 1 fully saturated rings. The number of rotatable bonds is 3. The zero-order chi connectivity index (χ0) is 11.0. The van der Waals surface area contributed by atoms with Gasteiger partial charge in [0.15, 0.2) is 12.4 Å². The van der Waals surface area contributed by atoms with E-state index in [0.29, 0.717) is 23.3 Å². The van der Waals surface area contributed by atoms with Gasteiger partial charge in [-0.3, -0.25) is 9.59 Å². The molecule has 0 N–H and O–H groups in total. The highest BCUT2D eigenvalue weighted by Gasteiger charge is 2.44. The molecule has 2 rings (SSSR count). The van der Waals surface area contributed by atoms with Gasteiger partial charge in [0.25, 0.3) is 0 Å². The maximum Gasteiger partial charge on any atom is 0.236 e. The van der Waals surface area contributed by atoms with Crippen molar-refractivity contribution in [1.29, 1.82) is 0 Å². The van der Waals surface area contributed by atoms with Gasteiger partial charge in [0.1, 0.15) is 0 Å². The Kier molecular flexibility index (Phi) is 2.51. The Morgan fingerprint density at radius 1 is 1.47 bits per heavy atom. The van der Waals surface area contributed by atoms with Crippen molar-refractivity contribution in [1.82, 2.24) is 0 Å². The fraction of sp³-hybridized carbons (Fsp3) is 0.455. The Morgan fingerprint density at radius 2 is 2.20 bits per heavy atom. The first kappa shape index (κ1) is 10.2. The zero-order valence-electron chi connectivity index (χ0n) is 8.47. The zero-order valence-corrected chi connectivity index (χ0v) is 8.47. The van der Waals surface area contributed by atoms with Crippen LogP contribution in [0.4, 0.5) is 4.79 Å². The summed E-state index contributed by atoms with van der Waals surface area (Å²) < 4.78 is 4.45. The minimum absolute atomic E-state index is 0.192. The molecule has 2 aliphatic carbocycles. The predicted octanol–water partition coefficient (Wildman–Crippen LogP) is 1.24. The van der Waals surface area contributed by atoms with Crippen LogP contribution in [0.3, 0.4) is 0 Å². The maximum atomic E-state index is 11.5. The van der Waals surface area contributed by atoms with Crippen molar-refractivity contribution in [2.75, 3.05) is 6.61 Å². The largest absolute Gasteiger partial charge is 0.466 e. The quantitative estimate of drug-likeness (QED) is 0.646. The molecule has 3 nitrogen and oxygen atoms in total. The van der Waals surface area contributed by atoms with Crippen molar-refractivity contribution in [2.45, 2.75) is 6.92 Å². The van der Waals surface area contributed by atoms with Gasteiger partial charge in [0.2, 0.25) is 13.7 Å². The van der Waals surface area contributed by atoms with Crippen LogP contribution < -0.4 is 0 Å². The van der Waals surface area contributed by atoms with Crippen molar-refractivity contribution < 1.29 is 14.3 Å². The number of fused-ring (bicyclic) bond motifs is 1. The highest BCUT2D eigenvalue weighted by molar-refractivity contribution is 6.55. The average Bonchev–Trinajstić information content (AvgIpc) is 2.86. The fourth-order valence-corrected chi connectivity index (χ4v) is 1.98. The summed E-state index contributed by atoms with van der Waals surface area (Å²) in [6.07, 6.45) is 5.81. The number of carbonyl (C=O) groups excluding carboxylic acids is 2. The average molecular weight is 202 g/mol. The summed E-state index contributed by atoms with van der Waals surface area (Å²) in [6, 6.07) is 0. The third-order valence-corrected chi connectivity index (χ3v) is 3.06. The monoisotopic (exact) mass is 202 g/mol. The fourth-order valence-electron chi connectivity index (χ4n) is 1.98. The Morgan fingerprint density at radius 3 is 2.80 bits per heavy atom. The van der Waals surface area contributed by atoms with Crippen LogP contribution in [-0.2, 0) is 9.53 Å². The normalized spacial score (nSPS) is 31.5. The van der Waals surface area contributed by atoms with E-state index in [1.807, 2.05) is 12.2 Å². The van der Waals surface area contributed by atoms with Crippen LogP contribution in [-0.4, -0.2) is 26.1 Å². The van der Waals surface area contributed by atoms with E-state index in [1.165, 1.54) is 0 Å². The van der Waals surface area contributed by atoms with Crippen molar-refractivity contribution in [2.24, 2.45) is 17.8 Å². The summed E-state index contributed by atoms with van der Waals surface area (Å²) >= 11 is 0. The van der Waals surface area contributed by atoms with Crippen molar-refractivity contribution in [3.63, 3.8) is 0 Å². The molecule has 0 saturated heterocycles. The number of hydrogen-bond acceptors (Lipinski definition) is 3. The summed E-state index contributed by atoms with van der Waals surface area (Å²) in [4.78, 5) is 21.8. The minimum Gasteiger partial charge on any atom is -0.466 e. The number of carbonyl (C=O) groups is 2. The van der Waals surface area contributed by atoms with Crippen molar-refractivity contribution >= 4 is 19.5 Å². The summed E-state index contributed by atoms with van der Waals surface area (Å²) in [5.74, 6) is 0.605. The lowest BCUT2D eigenvalue weighted by molar-refractivity contribution is -0.117.